The Bertz CT molecular complexity index is 1230. The molecule has 7 heteroatoms. The van der Waals surface area contributed by atoms with Gasteiger partial charge >= 0.3 is 0 Å². The fourth-order valence-corrected chi connectivity index (χ4v) is 4.15. The maximum Gasteiger partial charge on any atom is 0.144 e. The van der Waals surface area contributed by atoms with Gasteiger partial charge in [0, 0.05) is 54.9 Å². The van der Waals surface area contributed by atoms with Crippen LogP contribution in [-0.4, -0.2) is 45.0 Å². The molecule has 1 N–H and O–H groups in total. The number of fused-ring (bicyclic) bond motifs is 1. The number of benzene rings is 2. The summed E-state index contributed by atoms with van der Waals surface area (Å²) in [6.07, 6.45) is 6.60. The predicted molar refractivity (Wildman–Crippen MR) is 124 cm³/mol. The van der Waals surface area contributed by atoms with Crippen molar-refractivity contribution in [1.82, 2.24) is 19.7 Å². The lowest BCUT2D eigenvalue weighted by molar-refractivity contribution is 0.218. The van der Waals surface area contributed by atoms with Gasteiger partial charge in [-0.05, 0) is 35.9 Å². The first-order chi connectivity index (χ1) is 16.2. The summed E-state index contributed by atoms with van der Waals surface area (Å²) in [6, 6.07) is 17.4. The molecule has 1 atom stereocenters. The largest absolute Gasteiger partial charge is 0.494 e. The molecular formula is C26H26N4O3. The summed E-state index contributed by atoms with van der Waals surface area (Å²) in [6.45, 7) is 2.88. The van der Waals surface area contributed by atoms with E-state index in [0.717, 1.165) is 59.1 Å². The van der Waals surface area contributed by atoms with Gasteiger partial charge in [0.15, 0.2) is 0 Å². The number of hydrogen-bond acceptors (Lipinski definition) is 6. The average molecular weight is 443 g/mol. The second-order valence-corrected chi connectivity index (χ2v) is 8.08. The van der Waals surface area contributed by atoms with Gasteiger partial charge in [-0.1, -0.05) is 24.3 Å². The number of methoxy groups -OCH3 is 1. The van der Waals surface area contributed by atoms with Gasteiger partial charge in [-0.25, -0.2) is 4.68 Å². The smallest absolute Gasteiger partial charge is 0.144 e. The molecule has 1 aliphatic heterocycles. The Balaban J connectivity index is 1.34. The third kappa shape index (κ3) is 4.60. The molecule has 0 bridgehead atoms. The monoisotopic (exact) mass is 442 g/mol. The van der Waals surface area contributed by atoms with Crippen LogP contribution in [0.1, 0.15) is 28.4 Å². The Labute approximate surface area is 192 Å². The molecule has 0 spiro atoms. The fourth-order valence-electron chi connectivity index (χ4n) is 4.15. The van der Waals surface area contributed by atoms with Crippen LogP contribution in [0.2, 0.25) is 0 Å². The fraction of sp³-hybridized carbons (Fsp3) is 0.231. The number of aliphatic hydroxyl groups excluding tert-OH is 1. The lowest BCUT2D eigenvalue weighted by Crippen LogP contribution is -2.25. The van der Waals surface area contributed by atoms with Crippen molar-refractivity contribution in [3.8, 4) is 17.2 Å². The Morgan fingerprint density at radius 3 is 2.85 bits per heavy atom. The summed E-state index contributed by atoms with van der Waals surface area (Å²) in [5, 5.41) is 15.3. The van der Waals surface area contributed by atoms with E-state index in [0.29, 0.717) is 6.61 Å². The predicted octanol–water partition coefficient (Wildman–Crippen LogP) is 3.75. The van der Waals surface area contributed by atoms with Crippen molar-refractivity contribution in [2.24, 2.45) is 0 Å². The number of ether oxygens (including phenoxy) is 2. The molecule has 33 heavy (non-hydrogen) atoms. The van der Waals surface area contributed by atoms with Crippen LogP contribution in [0.4, 0.5) is 0 Å². The zero-order valence-corrected chi connectivity index (χ0v) is 18.5. The molecule has 1 aliphatic rings. The first-order valence-corrected chi connectivity index (χ1v) is 10.9. The maximum atomic E-state index is 10.8. The number of nitrogens with zero attached hydrogens (tertiary/aromatic N) is 4. The number of aromatic nitrogens is 3. The van der Waals surface area contributed by atoms with Gasteiger partial charge in [0.05, 0.1) is 13.3 Å². The molecule has 3 heterocycles. The van der Waals surface area contributed by atoms with E-state index < -0.39 is 6.10 Å². The topological polar surface area (TPSA) is 72.6 Å². The summed E-state index contributed by atoms with van der Waals surface area (Å²) in [5.74, 6) is 1.65. The lowest BCUT2D eigenvalue weighted by Gasteiger charge is -2.19. The summed E-state index contributed by atoms with van der Waals surface area (Å²) in [4.78, 5) is 6.45. The number of para-hydroxylation sites is 2. The van der Waals surface area contributed by atoms with Crippen LogP contribution in [0.25, 0.3) is 5.69 Å². The van der Waals surface area contributed by atoms with Crippen molar-refractivity contribution in [2.75, 3.05) is 20.3 Å². The minimum atomic E-state index is -0.722. The summed E-state index contributed by atoms with van der Waals surface area (Å²) >= 11 is 0. The van der Waals surface area contributed by atoms with E-state index in [1.807, 2.05) is 71.7 Å². The Hall–Kier alpha value is -3.68. The first-order valence-electron chi connectivity index (χ1n) is 10.9. The molecule has 4 aromatic rings. The zero-order chi connectivity index (χ0) is 22.6. The minimum absolute atomic E-state index is 0.609. The number of hydrogen-bond donors (Lipinski definition) is 1. The van der Waals surface area contributed by atoms with Gasteiger partial charge in [-0.2, -0.15) is 5.10 Å². The van der Waals surface area contributed by atoms with Gasteiger partial charge in [-0.15, -0.1) is 0 Å². The molecule has 2 aromatic carbocycles. The van der Waals surface area contributed by atoms with Crippen LogP contribution in [0.3, 0.4) is 0 Å². The van der Waals surface area contributed by atoms with Crippen molar-refractivity contribution in [3.63, 3.8) is 0 Å². The second kappa shape index (κ2) is 9.44. The Morgan fingerprint density at radius 2 is 2.00 bits per heavy atom. The first kappa shape index (κ1) is 21.2. The van der Waals surface area contributed by atoms with Crippen LogP contribution in [0, 0.1) is 0 Å². The van der Waals surface area contributed by atoms with Crippen molar-refractivity contribution in [1.29, 1.82) is 0 Å². The SMILES string of the molecule is COc1ccccc1-n1cc(CN2CCOc3ccc(C(O)c4cccnc4)cc3C2)cn1. The quantitative estimate of drug-likeness (QED) is 0.490. The van der Waals surface area contributed by atoms with Crippen LogP contribution in [-0.2, 0) is 13.1 Å². The van der Waals surface area contributed by atoms with Crippen LogP contribution < -0.4 is 9.47 Å². The molecule has 168 valence electrons. The second-order valence-electron chi connectivity index (χ2n) is 8.08. The standard InChI is InChI=1S/C26H26N4O3/c1-32-25-7-3-2-6-23(25)30-17-19(14-28-30)16-29-11-12-33-24-9-8-20(13-22(24)18-29)26(31)21-5-4-10-27-15-21/h2-10,13-15,17,26,31H,11-12,16,18H2,1H3. The van der Waals surface area contributed by atoms with Crippen molar-refractivity contribution >= 4 is 0 Å². The van der Waals surface area contributed by atoms with Crippen molar-refractivity contribution in [2.45, 2.75) is 19.2 Å². The molecule has 7 nitrogen and oxygen atoms in total. The van der Waals surface area contributed by atoms with Gasteiger partial charge < -0.3 is 14.6 Å². The van der Waals surface area contributed by atoms with Crippen LogP contribution >= 0.6 is 0 Å². The van der Waals surface area contributed by atoms with E-state index in [4.69, 9.17) is 9.47 Å². The number of aliphatic hydroxyl groups is 1. The van der Waals surface area contributed by atoms with Crippen LogP contribution in [0.5, 0.6) is 11.5 Å². The van der Waals surface area contributed by atoms with E-state index in [9.17, 15) is 5.11 Å². The van der Waals surface area contributed by atoms with E-state index in [-0.39, 0.29) is 0 Å². The molecule has 0 amide bonds. The molecular weight excluding hydrogens is 416 g/mol. The summed E-state index contributed by atoms with van der Waals surface area (Å²) in [7, 11) is 1.66. The van der Waals surface area contributed by atoms with Crippen molar-refractivity contribution in [3.05, 3.63) is 102 Å². The van der Waals surface area contributed by atoms with E-state index in [1.54, 1.807) is 19.5 Å². The highest BCUT2D eigenvalue weighted by atomic mass is 16.5. The van der Waals surface area contributed by atoms with Crippen LogP contribution in [0.15, 0.2) is 79.4 Å². The highest BCUT2D eigenvalue weighted by molar-refractivity contribution is 5.46. The van der Waals surface area contributed by atoms with Gasteiger partial charge in [0.1, 0.15) is 29.9 Å². The normalized spacial score (nSPS) is 14.7. The molecule has 0 fully saturated rings. The van der Waals surface area contributed by atoms with Gasteiger partial charge in [0.2, 0.25) is 0 Å². The number of pyridine rings is 1. The lowest BCUT2D eigenvalue weighted by atomic mass is 10.00. The minimum Gasteiger partial charge on any atom is -0.494 e. The zero-order valence-electron chi connectivity index (χ0n) is 18.5. The maximum absolute atomic E-state index is 10.8. The third-order valence-electron chi connectivity index (χ3n) is 5.83. The molecule has 0 radical (unpaired) electrons. The van der Waals surface area contributed by atoms with E-state index in [2.05, 4.69) is 15.0 Å². The molecule has 0 saturated carbocycles. The molecule has 1 unspecified atom stereocenters. The third-order valence-corrected chi connectivity index (χ3v) is 5.83. The van der Waals surface area contributed by atoms with E-state index >= 15 is 0 Å². The molecule has 2 aromatic heterocycles. The number of rotatable bonds is 6. The Morgan fingerprint density at radius 1 is 1.09 bits per heavy atom. The van der Waals surface area contributed by atoms with E-state index in [1.165, 1.54) is 0 Å². The molecule has 5 rings (SSSR count). The highest BCUT2D eigenvalue weighted by Crippen LogP contribution is 2.30. The molecule has 0 saturated heterocycles. The van der Waals surface area contributed by atoms with Gasteiger partial charge in [-0.3, -0.25) is 9.88 Å². The molecule has 0 aliphatic carbocycles. The highest BCUT2D eigenvalue weighted by Gasteiger charge is 2.19. The van der Waals surface area contributed by atoms with Gasteiger partial charge in [0.25, 0.3) is 0 Å². The Kier molecular flexibility index (Phi) is 6.06. The average Bonchev–Trinajstić information content (AvgIpc) is 3.23. The van der Waals surface area contributed by atoms with Crippen molar-refractivity contribution < 1.29 is 14.6 Å². The summed E-state index contributed by atoms with van der Waals surface area (Å²) < 4.78 is 13.3. The summed E-state index contributed by atoms with van der Waals surface area (Å²) in [5.41, 5.74) is 4.68.